The second-order valence-corrected chi connectivity index (χ2v) is 6.52. The van der Waals surface area contributed by atoms with Gasteiger partial charge in [-0.25, -0.2) is 9.37 Å². The number of hydrogen-bond acceptors (Lipinski definition) is 6. The fourth-order valence-electron chi connectivity index (χ4n) is 2.51. The quantitative estimate of drug-likeness (QED) is 0.542. The van der Waals surface area contributed by atoms with Crippen molar-refractivity contribution in [2.45, 2.75) is 0 Å². The summed E-state index contributed by atoms with van der Waals surface area (Å²) in [6.07, 6.45) is 6.89. The summed E-state index contributed by atoms with van der Waals surface area (Å²) in [6.45, 7) is 0. The topological polar surface area (TPSA) is 69.4 Å². The Kier molecular flexibility index (Phi) is 4.47. The van der Waals surface area contributed by atoms with Gasteiger partial charge in [-0.15, -0.1) is 0 Å². The van der Waals surface area contributed by atoms with E-state index in [0.717, 1.165) is 5.56 Å². The summed E-state index contributed by atoms with van der Waals surface area (Å²) in [7, 11) is 1.42. The minimum Gasteiger partial charge on any atom is -0.490 e. The minimum absolute atomic E-state index is 0.101. The molecule has 3 heterocycles. The molecule has 0 atom stereocenters. The van der Waals surface area contributed by atoms with E-state index < -0.39 is 5.56 Å². The Morgan fingerprint density at radius 3 is 2.70 bits per heavy atom. The lowest BCUT2D eigenvalue weighted by molar-refractivity contribution is 0.403. The van der Waals surface area contributed by atoms with Gasteiger partial charge in [0.25, 0.3) is 0 Å². The van der Waals surface area contributed by atoms with Crippen LogP contribution in [-0.2, 0) is 0 Å². The van der Waals surface area contributed by atoms with E-state index in [9.17, 15) is 9.18 Å². The lowest BCUT2D eigenvalue weighted by Gasteiger charge is -2.03. The van der Waals surface area contributed by atoms with E-state index in [1.54, 1.807) is 36.7 Å². The molecule has 0 spiro atoms. The molecule has 4 aromatic rings. The summed E-state index contributed by atoms with van der Waals surface area (Å²) in [5, 5.41) is 4.87. The van der Waals surface area contributed by atoms with Crippen molar-refractivity contribution in [2.75, 3.05) is 7.11 Å². The molecule has 0 aliphatic heterocycles. The van der Waals surface area contributed by atoms with Crippen LogP contribution >= 0.6 is 11.3 Å². The zero-order chi connectivity index (χ0) is 18.8. The number of aromatic nitrogens is 4. The first-order chi connectivity index (χ1) is 13.2. The molecule has 0 amide bonds. The highest BCUT2D eigenvalue weighted by Crippen LogP contribution is 2.26. The number of halogens is 1. The van der Waals surface area contributed by atoms with E-state index in [-0.39, 0.29) is 11.6 Å². The van der Waals surface area contributed by atoms with Gasteiger partial charge in [-0.2, -0.15) is 9.61 Å². The van der Waals surface area contributed by atoms with Gasteiger partial charge in [0.1, 0.15) is 16.5 Å². The van der Waals surface area contributed by atoms with E-state index in [1.165, 1.54) is 35.1 Å². The number of methoxy groups -OCH3 is 1. The molecule has 1 aromatic carbocycles. The maximum absolute atomic E-state index is 13.1. The predicted octanol–water partition coefficient (Wildman–Crippen LogP) is 3.53. The number of benzene rings is 1. The summed E-state index contributed by atoms with van der Waals surface area (Å²) >= 11 is 1.24. The molecule has 8 heteroatoms. The average molecular weight is 380 g/mol. The van der Waals surface area contributed by atoms with Crippen LogP contribution in [0.4, 0.5) is 4.39 Å². The largest absolute Gasteiger partial charge is 0.490 e. The SMILES string of the molecule is COc1c(C=Cc2cccnc2)nc2sc(-c3ccc(F)cc3)nn2c1=O. The van der Waals surface area contributed by atoms with Gasteiger partial charge in [-0.3, -0.25) is 9.78 Å². The Hall–Kier alpha value is -3.39. The van der Waals surface area contributed by atoms with Gasteiger partial charge in [-0.1, -0.05) is 23.5 Å². The van der Waals surface area contributed by atoms with Crippen molar-refractivity contribution in [1.82, 2.24) is 19.6 Å². The van der Waals surface area contributed by atoms with Crippen LogP contribution in [0.15, 0.2) is 53.6 Å². The smallest absolute Gasteiger partial charge is 0.318 e. The third kappa shape index (κ3) is 3.34. The number of hydrogen-bond donors (Lipinski definition) is 0. The first-order valence-electron chi connectivity index (χ1n) is 7.97. The zero-order valence-corrected chi connectivity index (χ0v) is 15.0. The molecule has 0 aliphatic rings. The lowest BCUT2D eigenvalue weighted by Crippen LogP contribution is -2.18. The van der Waals surface area contributed by atoms with Crippen molar-refractivity contribution in [1.29, 1.82) is 0 Å². The van der Waals surface area contributed by atoms with Gasteiger partial charge in [0, 0.05) is 18.0 Å². The van der Waals surface area contributed by atoms with E-state index in [1.807, 2.05) is 12.1 Å². The molecular weight excluding hydrogens is 367 g/mol. The highest BCUT2D eigenvalue weighted by Gasteiger charge is 2.16. The van der Waals surface area contributed by atoms with Crippen LogP contribution in [0.2, 0.25) is 0 Å². The van der Waals surface area contributed by atoms with Crippen LogP contribution in [0, 0.1) is 5.82 Å². The van der Waals surface area contributed by atoms with Gasteiger partial charge in [-0.05, 0) is 42.0 Å². The molecule has 4 rings (SSSR count). The Labute approximate surface area is 157 Å². The molecule has 134 valence electrons. The number of rotatable bonds is 4. The summed E-state index contributed by atoms with van der Waals surface area (Å²) < 4.78 is 19.6. The van der Waals surface area contributed by atoms with Gasteiger partial charge < -0.3 is 4.74 Å². The van der Waals surface area contributed by atoms with E-state index >= 15 is 0 Å². The molecule has 0 fully saturated rings. The van der Waals surface area contributed by atoms with Crippen LogP contribution < -0.4 is 10.3 Å². The second kappa shape index (κ2) is 7.08. The summed E-state index contributed by atoms with van der Waals surface area (Å²) in [5.41, 5.74) is 1.58. The molecule has 0 unspecified atom stereocenters. The minimum atomic E-state index is -0.405. The monoisotopic (exact) mass is 380 g/mol. The maximum atomic E-state index is 13.1. The van der Waals surface area contributed by atoms with E-state index in [0.29, 0.717) is 21.2 Å². The maximum Gasteiger partial charge on any atom is 0.318 e. The Morgan fingerprint density at radius 2 is 2.00 bits per heavy atom. The third-order valence-corrected chi connectivity index (χ3v) is 4.77. The van der Waals surface area contributed by atoms with Crippen LogP contribution in [-0.4, -0.2) is 26.7 Å². The van der Waals surface area contributed by atoms with Crippen molar-refractivity contribution >= 4 is 28.4 Å². The Bertz CT molecular complexity index is 1180. The molecule has 27 heavy (non-hydrogen) atoms. The predicted molar refractivity (Wildman–Crippen MR) is 102 cm³/mol. The number of ether oxygens (including phenoxy) is 1. The molecule has 0 bridgehead atoms. The molecule has 0 saturated carbocycles. The van der Waals surface area contributed by atoms with Crippen molar-refractivity contribution in [2.24, 2.45) is 0 Å². The standard InChI is InChI=1S/C19H13FN4O2S/c1-26-16-15(9-4-12-3-2-10-21-11-12)22-19-24(18(16)25)23-17(27-19)13-5-7-14(20)8-6-13/h2-11H,1H3. The number of fused-ring (bicyclic) bond motifs is 1. The number of pyridine rings is 1. The molecule has 6 nitrogen and oxygen atoms in total. The van der Waals surface area contributed by atoms with Crippen molar-refractivity contribution in [3.05, 3.63) is 76.2 Å². The van der Waals surface area contributed by atoms with Crippen LogP contribution in [0.25, 0.3) is 27.7 Å². The van der Waals surface area contributed by atoms with Crippen molar-refractivity contribution in [3.63, 3.8) is 0 Å². The van der Waals surface area contributed by atoms with Crippen molar-refractivity contribution < 1.29 is 9.13 Å². The van der Waals surface area contributed by atoms with Gasteiger partial charge in [0.15, 0.2) is 0 Å². The second-order valence-electron chi connectivity index (χ2n) is 5.56. The van der Waals surface area contributed by atoms with Crippen LogP contribution in [0.3, 0.4) is 0 Å². The van der Waals surface area contributed by atoms with Gasteiger partial charge in [0.05, 0.1) is 7.11 Å². The fraction of sp³-hybridized carbons (Fsp3) is 0.0526. The van der Waals surface area contributed by atoms with Gasteiger partial charge >= 0.3 is 5.56 Å². The summed E-state index contributed by atoms with van der Waals surface area (Å²) in [4.78, 5) is 21.7. The van der Waals surface area contributed by atoms with Crippen LogP contribution in [0.1, 0.15) is 11.3 Å². The molecule has 0 radical (unpaired) electrons. The number of nitrogens with zero attached hydrogens (tertiary/aromatic N) is 4. The molecule has 0 N–H and O–H groups in total. The Morgan fingerprint density at radius 1 is 1.19 bits per heavy atom. The van der Waals surface area contributed by atoms with Crippen LogP contribution in [0.5, 0.6) is 5.75 Å². The zero-order valence-electron chi connectivity index (χ0n) is 14.2. The highest BCUT2D eigenvalue weighted by molar-refractivity contribution is 7.19. The third-order valence-electron chi connectivity index (χ3n) is 3.81. The fourth-order valence-corrected chi connectivity index (χ4v) is 3.41. The first-order valence-corrected chi connectivity index (χ1v) is 8.79. The van der Waals surface area contributed by atoms with Gasteiger partial charge in [0.2, 0.25) is 10.7 Å². The average Bonchev–Trinajstić information content (AvgIpc) is 3.12. The van der Waals surface area contributed by atoms with E-state index in [4.69, 9.17) is 4.74 Å². The molecule has 0 saturated heterocycles. The molecular formula is C19H13FN4O2S. The summed E-state index contributed by atoms with van der Waals surface area (Å²) in [5.74, 6) is -0.233. The lowest BCUT2D eigenvalue weighted by atomic mass is 10.2. The van der Waals surface area contributed by atoms with E-state index in [2.05, 4.69) is 15.1 Å². The molecule has 3 aromatic heterocycles. The van der Waals surface area contributed by atoms with Crippen molar-refractivity contribution in [3.8, 4) is 16.3 Å². The summed E-state index contributed by atoms with van der Waals surface area (Å²) in [6, 6.07) is 9.62. The first kappa shape index (κ1) is 17.0. The highest BCUT2D eigenvalue weighted by atomic mass is 32.1. The normalized spacial score (nSPS) is 11.3. The molecule has 0 aliphatic carbocycles. The Balaban J connectivity index is 1.82.